The summed E-state index contributed by atoms with van der Waals surface area (Å²) < 4.78 is 10.7. The van der Waals surface area contributed by atoms with Crippen LogP contribution in [0.25, 0.3) is 10.9 Å². The second-order valence-electron chi connectivity index (χ2n) is 6.04. The topological polar surface area (TPSA) is 72.5 Å². The fraction of sp³-hybridized carbons (Fsp3) is 0.200. The van der Waals surface area contributed by atoms with Gasteiger partial charge in [-0.05, 0) is 29.8 Å². The number of hydrogen-bond acceptors (Lipinski definition) is 5. The first-order valence-electron chi connectivity index (χ1n) is 8.52. The maximum Gasteiger partial charge on any atom is 0.231 e. The van der Waals surface area contributed by atoms with Crippen molar-refractivity contribution in [2.24, 2.45) is 0 Å². The van der Waals surface area contributed by atoms with Crippen LogP contribution in [0.3, 0.4) is 0 Å². The van der Waals surface area contributed by atoms with Gasteiger partial charge in [-0.15, -0.1) is 0 Å². The Morgan fingerprint density at radius 3 is 2.92 bits per heavy atom. The molecule has 6 nitrogen and oxygen atoms in total. The van der Waals surface area contributed by atoms with E-state index in [4.69, 9.17) is 9.47 Å². The van der Waals surface area contributed by atoms with E-state index in [9.17, 15) is 4.79 Å². The van der Waals surface area contributed by atoms with Crippen LogP contribution in [0.5, 0.6) is 11.5 Å². The number of nitrogens with one attached hydrogen (secondary N) is 2. The van der Waals surface area contributed by atoms with Crippen LogP contribution in [0, 0.1) is 0 Å². The smallest absolute Gasteiger partial charge is 0.231 e. The van der Waals surface area contributed by atoms with E-state index in [-0.39, 0.29) is 12.7 Å². The third kappa shape index (κ3) is 3.60. The van der Waals surface area contributed by atoms with E-state index in [1.54, 1.807) is 6.20 Å². The normalized spacial score (nSPS) is 12.3. The summed E-state index contributed by atoms with van der Waals surface area (Å²) >= 11 is 0. The van der Waals surface area contributed by atoms with Crippen LogP contribution >= 0.6 is 0 Å². The SMILES string of the molecule is O=C(CCNCc1ccc2c(c1)OCO2)Nc1cccc2cccnc12. The standard InChI is InChI=1S/C20H19N3O3/c24-19(23-16-5-1-3-15-4-2-9-22-20(15)16)8-10-21-12-14-6-7-17-18(11-14)26-13-25-17/h1-7,9,11,21H,8,10,12-13H2,(H,23,24). The van der Waals surface area contributed by atoms with E-state index < -0.39 is 0 Å². The number of amides is 1. The first kappa shape index (κ1) is 16.4. The van der Waals surface area contributed by atoms with Crippen molar-refractivity contribution in [3.63, 3.8) is 0 Å². The van der Waals surface area contributed by atoms with E-state index in [0.717, 1.165) is 33.7 Å². The summed E-state index contributed by atoms with van der Waals surface area (Å²) in [5.41, 5.74) is 2.63. The van der Waals surface area contributed by atoms with Gasteiger partial charge in [-0.2, -0.15) is 0 Å². The average molecular weight is 349 g/mol. The fourth-order valence-corrected chi connectivity index (χ4v) is 2.90. The molecule has 4 rings (SSSR count). The molecule has 132 valence electrons. The second-order valence-corrected chi connectivity index (χ2v) is 6.04. The molecule has 0 saturated heterocycles. The zero-order chi connectivity index (χ0) is 17.8. The van der Waals surface area contributed by atoms with Gasteiger partial charge in [-0.25, -0.2) is 0 Å². The summed E-state index contributed by atoms with van der Waals surface area (Å²) in [6.07, 6.45) is 2.11. The summed E-state index contributed by atoms with van der Waals surface area (Å²) in [7, 11) is 0. The molecule has 2 heterocycles. The van der Waals surface area contributed by atoms with Crippen LogP contribution in [0.4, 0.5) is 5.69 Å². The van der Waals surface area contributed by atoms with Crippen LogP contribution in [0.15, 0.2) is 54.7 Å². The number of hydrogen-bond donors (Lipinski definition) is 2. The first-order valence-corrected chi connectivity index (χ1v) is 8.52. The molecule has 0 unspecified atom stereocenters. The molecule has 0 saturated carbocycles. The molecule has 3 aromatic rings. The van der Waals surface area contributed by atoms with Crippen molar-refractivity contribution in [2.75, 3.05) is 18.7 Å². The molecule has 1 amide bonds. The predicted octanol–water partition coefficient (Wildman–Crippen LogP) is 3.08. The number of pyridine rings is 1. The number of para-hydroxylation sites is 1. The van der Waals surface area contributed by atoms with Gasteiger partial charge in [0.15, 0.2) is 11.5 Å². The Labute approximate surface area is 151 Å². The molecule has 1 aliphatic heterocycles. The van der Waals surface area contributed by atoms with Gasteiger partial charge in [0.1, 0.15) is 0 Å². The second kappa shape index (κ2) is 7.41. The molecule has 0 bridgehead atoms. The number of carbonyl (C=O) groups is 1. The van der Waals surface area contributed by atoms with Gasteiger partial charge in [0.25, 0.3) is 0 Å². The van der Waals surface area contributed by atoms with Crippen LogP contribution in [-0.4, -0.2) is 24.2 Å². The molecule has 0 fully saturated rings. The molecule has 0 aliphatic carbocycles. The Bertz CT molecular complexity index is 937. The Balaban J connectivity index is 1.28. The summed E-state index contributed by atoms with van der Waals surface area (Å²) in [5.74, 6) is 1.50. The Hall–Kier alpha value is -3.12. The van der Waals surface area contributed by atoms with Crippen LogP contribution in [0.2, 0.25) is 0 Å². The van der Waals surface area contributed by atoms with Crippen molar-refractivity contribution < 1.29 is 14.3 Å². The highest BCUT2D eigenvalue weighted by molar-refractivity contribution is 6.00. The van der Waals surface area contributed by atoms with Crippen molar-refractivity contribution in [1.29, 1.82) is 0 Å². The van der Waals surface area contributed by atoms with Crippen molar-refractivity contribution in [3.8, 4) is 11.5 Å². The molecule has 1 aliphatic rings. The number of carbonyl (C=O) groups excluding carboxylic acids is 1. The molecule has 26 heavy (non-hydrogen) atoms. The summed E-state index contributed by atoms with van der Waals surface area (Å²) in [4.78, 5) is 16.6. The number of fused-ring (bicyclic) bond motifs is 2. The van der Waals surface area contributed by atoms with Crippen molar-refractivity contribution in [3.05, 3.63) is 60.3 Å². The maximum absolute atomic E-state index is 12.2. The molecule has 6 heteroatoms. The first-order chi connectivity index (χ1) is 12.8. The van der Waals surface area contributed by atoms with E-state index in [0.29, 0.717) is 19.5 Å². The number of benzene rings is 2. The van der Waals surface area contributed by atoms with Gasteiger partial charge in [0, 0.05) is 31.1 Å². The monoisotopic (exact) mass is 349 g/mol. The molecule has 0 atom stereocenters. The maximum atomic E-state index is 12.2. The van der Waals surface area contributed by atoms with Crippen molar-refractivity contribution in [1.82, 2.24) is 10.3 Å². The highest BCUT2D eigenvalue weighted by atomic mass is 16.7. The van der Waals surface area contributed by atoms with Gasteiger partial charge in [-0.3, -0.25) is 9.78 Å². The van der Waals surface area contributed by atoms with Gasteiger partial charge >= 0.3 is 0 Å². The van der Waals surface area contributed by atoms with E-state index in [1.807, 2.05) is 48.5 Å². The van der Waals surface area contributed by atoms with E-state index >= 15 is 0 Å². The number of nitrogens with zero attached hydrogens (tertiary/aromatic N) is 1. The third-order valence-corrected chi connectivity index (χ3v) is 4.20. The Kier molecular flexibility index (Phi) is 4.66. The number of ether oxygens (including phenoxy) is 2. The predicted molar refractivity (Wildman–Crippen MR) is 99.3 cm³/mol. The van der Waals surface area contributed by atoms with Crippen LogP contribution < -0.4 is 20.1 Å². The zero-order valence-corrected chi connectivity index (χ0v) is 14.2. The Morgan fingerprint density at radius 2 is 1.96 bits per heavy atom. The minimum atomic E-state index is -0.0404. The van der Waals surface area contributed by atoms with E-state index in [1.165, 1.54) is 0 Å². The van der Waals surface area contributed by atoms with E-state index in [2.05, 4.69) is 15.6 Å². The zero-order valence-electron chi connectivity index (χ0n) is 14.2. The summed E-state index contributed by atoms with van der Waals surface area (Å²) in [5, 5.41) is 7.22. The lowest BCUT2D eigenvalue weighted by molar-refractivity contribution is -0.116. The third-order valence-electron chi connectivity index (χ3n) is 4.20. The van der Waals surface area contributed by atoms with Crippen LogP contribution in [-0.2, 0) is 11.3 Å². The number of rotatable bonds is 6. The highest BCUT2D eigenvalue weighted by Gasteiger charge is 2.13. The minimum absolute atomic E-state index is 0.0404. The number of anilines is 1. The van der Waals surface area contributed by atoms with Gasteiger partial charge in [-0.1, -0.05) is 24.3 Å². The van der Waals surface area contributed by atoms with Gasteiger partial charge in [0.05, 0.1) is 11.2 Å². The van der Waals surface area contributed by atoms with Gasteiger partial charge in [0.2, 0.25) is 12.7 Å². The lowest BCUT2D eigenvalue weighted by Crippen LogP contribution is -2.21. The van der Waals surface area contributed by atoms with Crippen molar-refractivity contribution in [2.45, 2.75) is 13.0 Å². The lowest BCUT2D eigenvalue weighted by Gasteiger charge is -2.09. The molecular weight excluding hydrogens is 330 g/mol. The minimum Gasteiger partial charge on any atom is -0.454 e. The Morgan fingerprint density at radius 1 is 1.08 bits per heavy atom. The lowest BCUT2D eigenvalue weighted by atomic mass is 10.2. The average Bonchev–Trinajstić information content (AvgIpc) is 3.13. The summed E-state index contributed by atoms with van der Waals surface area (Å²) in [6.45, 7) is 1.52. The molecular formula is C20H19N3O3. The quantitative estimate of drug-likeness (QED) is 0.669. The largest absolute Gasteiger partial charge is 0.454 e. The fourth-order valence-electron chi connectivity index (χ4n) is 2.90. The van der Waals surface area contributed by atoms with Crippen molar-refractivity contribution >= 4 is 22.5 Å². The van der Waals surface area contributed by atoms with Gasteiger partial charge < -0.3 is 20.1 Å². The molecule has 1 aromatic heterocycles. The summed E-state index contributed by atoms with van der Waals surface area (Å²) in [6, 6.07) is 15.5. The molecule has 0 radical (unpaired) electrons. The molecule has 2 N–H and O–H groups in total. The molecule has 0 spiro atoms. The molecule has 2 aromatic carbocycles. The van der Waals surface area contributed by atoms with Crippen LogP contribution in [0.1, 0.15) is 12.0 Å². The number of aromatic nitrogens is 1. The highest BCUT2D eigenvalue weighted by Crippen LogP contribution is 2.32.